The highest BCUT2D eigenvalue weighted by atomic mass is 35.5. The molecule has 0 amide bonds. The maximum atomic E-state index is 10.3. The van der Waals surface area contributed by atoms with Gasteiger partial charge in [-0.1, -0.05) is 76.0 Å². The van der Waals surface area contributed by atoms with E-state index in [0.29, 0.717) is 58.8 Å². The molecule has 2 unspecified atom stereocenters. The molecule has 2 spiro atoms. The molecule has 8 aliphatic carbocycles. The van der Waals surface area contributed by atoms with Crippen molar-refractivity contribution in [3.05, 3.63) is 45.6 Å². The highest BCUT2D eigenvalue weighted by Gasteiger charge is 2.63. The smallest absolute Gasteiger partial charge is 0.0937 e. The molecule has 8 fully saturated rings. The van der Waals surface area contributed by atoms with Gasteiger partial charge in [-0.05, 0) is 192 Å². The average Bonchev–Trinajstić information content (AvgIpc) is 3.98. The number of allylic oxidation sites excluding steroid dienone is 4. The van der Waals surface area contributed by atoms with E-state index >= 15 is 0 Å². The van der Waals surface area contributed by atoms with E-state index in [1.807, 2.05) is 0 Å². The molecule has 12 aliphatic rings. The largest absolute Gasteiger partial charge is 0.393 e. The minimum atomic E-state index is -0.122. The summed E-state index contributed by atoms with van der Waals surface area (Å²) in [5, 5.41) is 24.4. The fourth-order valence-electron chi connectivity index (χ4n) is 18.9. The van der Waals surface area contributed by atoms with Crippen LogP contribution in [0, 0.1) is 70.0 Å². The standard InChI is InChI=1S/C29H44ClNO2.C27H41NO2/c1-17-13-26-27(31(16-17)12-11-30)19(3)29(33-26)10-8-22-23-6-5-20-14-21(32)7-9-28(20,4)25(23)15-24(22)18(29)2;1-15-11-24-25(28-14-15)17(3)27(30-24)10-8-20-21-6-5-18-12-19(29)7-9-26(18,4)23(21)13-22(20)16(27)2/h5,17,19,21-23,25-27,32H,6-16H2,1-4H3;5,15,17,19-21,23-25,28-29H,6-14H2,1-4H3/t17-,19+,21-,22-,23?,25-,26+,27-,28-,29-;15-,17+,19-,20-,21?,23-,24+,25-,26-,27-/m00/s1. The van der Waals surface area contributed by atoms with Crippen molar-refractivity contribution in [1.29, 1.82) is 0 Å². The second-order valence-electron chi connectivity index (χ2n) is 25.1. The lowest BCUT2D eigenvalue weighted by molar-refractivity contribution is -0.0643. The van der Waals surface area contributed by atoms with E-state index in [1.54, 1.807) is 33.4 Å². The number of rotatable bonds is 2. The number of hydrogen-bond acceptors (Lipinski definition) is 6. The number of nitrogens with zero attached hydrogens (tertiary/aromatic N) is 1. The molecule has 7 heteroatoms. The Kier molecular flexibility index (Phi) is 11.3. The monoisotopic (exact) mass is 885 g/mol. The van der Waals surface area contributed by atoms with Crippen LogP contribution in [0.1, 0.15) is 158 Å². The highest BCUT2D eigenvalue weighted by Crippen LogP contribution is 2.67. The molecular formula is C56H85ClN2O4. The van der Waals surface area contributed by atoms with Crippen molar-refractivity contribution in [2.75, 3.05) is 25.5 Å². The first-order valence-corrected chi connectivity index (χ1v) is 27.2. The van der Waals surface area contributed by atoms with E-state index in [4.69, 9.17) is 21.1 Å². The predicted molar refractivity (Wildman–Crippen MR) is 254 cm³/mol. The van der Waals surface area contributed by atoms with Crippen molar-refractivity contribution in [3.63, 3.8) is 0 Å². The minimum absolute atomic E-state index is 0.0222. The highest BCUT2D eigenvalue weighted by molar-refractivity contribution is 6.18. The topological polar surface area (TPSA) is 74.2 Å². The SMILES string of the molecule is CC1=C2C[C@H]3C(CC=C4C[C@@H](O)CC[C@@]43C)[C@@H]2CC[C@]12O[C@@H]1C[C@H](C)CN(CCCl)[C@H]1[C@H]2C.CC1=C2C[C@H]3C(CC=C4C[C@@H](O)CC[C@@]43C)[C@@H]2CC[C@]12O[C@@H]1C[C@H](C)CN[C@H]1[C@H]2C. The van der Waals surface area contributed by atoms with Crippen molar-refractivity contribution in [2.45, 2.75) is 206 Å². The first-order valence-electron chi connectivity index (χ1n) is 26.7. The quantitative estimate of drug-likeness (QED) is 0.190. The van der Waals surface area contributed by atoms with Crippen LogP contribution in [-0.2, 0) is 9.47 Å². The summed E-state index contributed by atoms with van der Waals surface area (Å²) in [6.45, 7) is 22.9. The van der Waals surface area contributed by atoms with Crippen LogP contribution in [0.5, 0.6) is 0 Å². The number of likely N-dealkylation sites (tertiary alicyclic amines) is 1. The zero-order valence-corrected chi connectivity index (χ0v) is 41.3. The Hall–Kier alpha value is -0.990. The normalized spacial score (nSPS) is 53.3. The Morgan fingerprint density at radius 1 is 0.698 bits per heavy atom. The molecular weight excluding hydrogens is 800 g/mol. The van der Waals surface area contributed by atoms with Crippen LogP contribution in [0.15, 0.2) is 45.6 Å². The van der Waals surface area contributed by atoms with Crippen LogP contribution in [0.25, 0.3) is 0 Å². The maximum absolute atomic E-state index is 10.3. The number of ether oxygens (including phenoxy) is 2. The van der Waals surface area contributed by atoms with Crippen molar-refractivity contribution in [1.82, 2.24) is 10.2 Å². The van der Waals surface area contributed by atoms with E-state index < -0.39 is 0 Å². The number of aliphatic hydroxyl groups is 2. The van der Waals surface area contributed by atoms with Crippen LogP contribution < -0.4 is 5.32 Å². The molecule has 0 aromatic heterocycles. The molecule has 4 aliphatic heterocycles. The molecule has 63 heavy (non-hydrogen) atoms. The predicted octanol–water partition coefficient (Wildman–Crippen LogP) is 11.0. The molecule has 0 aromatic carbocycles. The minimum Gasteiger partial charge on any atom is -0.393 e. The molecule has 20 atom stereocenters. The van der Waals surface area contributed by atoms with E-state index in [2.05, 4.69) is 77.8 Å². The van der Waals surface area contributed by atoms with Crippen LogP contribution in [0.4, 0.5) is 0 Å². The second-order valence-corrected chi connectivity index (χ2v) is 25.4. The van der Waals surface area contributed by atoms with Gasteiger partial charge in [0.2, 0.25) is 0 Å². The molecule has 4 saturated carbocycles. The number of halogens is 1. The Morgan fingerprint density at radius 2 is 1.22 bits per heavy atom. The van der Waals surface area contributed by atoms with Gasteiger partial charge in [0.05, 0.1) is 35.6 Å². The number of nitrogens with one attached hydrogen (secondary N) is 1. The third-order valence-corrected chi connectivity index (χ3v) is 22.5. The van der Waals surface area contributed by atoms with Gasteiger partial charge in [-0.15, -0.1) is 11.6 Å². The summed E-state index contributed by atoms with van der Waals surface area (Å²) < 4.78 is 14.2. The Bertz CT molecular complexity index is 1940. The van der Waals surface area contributed by atoms with E-state index in [0.717, 1.165) is 86.6 Å². The van der Waals surface area contributed by atoms with Crippen LogP contribution in [0.3, 0.4) is 0 Å². The van der Waals surface area contributed by atoms with Gasteiger partial charge in [0.1, 0.15) is 0 Å². The van der Waals surface area contributed by atoms with Crippen LogP contribution >= 0.6 is 11.6 Å². The number of hydrogen-bond donors (Lipinski definition) is 3. The molecule has 4 heterocycles. The van der Waals surface area contributed by atoms with Gasteiger partial charge in [-0.25, -0.2) is 0 Å². The first-order chi connectivity index (χ1) is 30.1. The van der Waals surface area contributed by atoms with Gasteiger partial charge < -0.3 is 25.0 Å². The van der Waals surface area contributed by atoms with Crippen LogP contribution in [-0.4, -0.2) is 88.3 Å². The zero-order valence-electron chi connectivity index (χ0n) is 40.6. The van der Waals surface area contributed by atoms with Crippen molar-refractivity contribution < 1.29 is 19.7 Å². The fraction of sp³-hybridized carbons (Fsp3) is 0.857. The summed E-state index contributed by atoms with van der Waals surface area (Å²) >= 11 is 6.24. The van der Waals surface area contributed by atoms with Crippen molar-refractivity contribution in [2.24, 2.45) is 70.0 Å². The molecule has 0 bridgehead atoms. The van der Waals surface area contributed by atoms with Gasteiger partial charge >= 0.3 is 0 Å². The molecule has 3 N–H and O–H groups in total. The molecule has 0 radical (unpaired) electrons. The van der Waals surface area contributed by atoms with Gasteiger partial charge in [0.15, 0.2) is 0 Å². The lowest BCUT2D eigenvalue weighted by atomic mass is 9.56. The summed E-state index contributed by atoms with van der Waals surface area (Å²) in [6, 6.07) is 1.05. The molecule has 0 aromatic rings. The Morgan fingerprint density at radius 3 is 1.78 bits per heavy atom. The van der Waals surface area contributed by atoms with Gasteiger partial charge in [0.25, 0.3) is 0 Å². The number of aliphatic hydroxyl groups excluding tert-OH is 2. The van der Waals surface area contributed by atoms with E-state index in [-0.39, 0.29) is 23.4 Å². The fourth-order valence-corrected chi connectivity index (χ4v) is 19.1. The zero-order chi connectivity index (χ0) is 44.0. The average molecular weight is 886 g/mol. The van der Waals surface area contributed by atoms with E-state index in [9.17, 15) is 10.2 Å². The number of fused-ring (bicyclic) bond motifs is 12. The van der Waals surface area contributed by atoms with Gasteiger partial charge in [-0.3, -0.25) is 4.90 Å². The number of piperidine rings is 2. The third-order valence-electron chi connectivity index (χ3n) is 22.3. The lowest BCUT2D eigenvalue weighted by Crippen LogP contribution is -2.52. The number of alkyl halides is 1. The summed E-state index contributed by atoms with van der Waals surface area (Å²) in [5.74, 6) is 7.86. The third kappa shape index (κ3) is 6.63. The first kappa shape index (κ1) is 44.5. The molecule has 350 valence electrons. The van der Waals surface area contributed by atoms with Crippen molar-refractivity contribution >= 4 is 11.6 Å². The summed E-state index contributed by atoms with van der Waals surface area (Å²) in [4.78, 5) is 2.66. The van der Waals surface area contributed by atoms with Gasteiger partial charge in [0, 0.05) is 42.9 Å². The second kappa shape index (κ2) is 16.0. The molecule has 12 rings (SSSR count). The van der Waals surface area contributed by atoms with Crippen molar-refractivity contribution in [3.8, 4) is 0 Å². The van der Waals surface area contributed by atoms with E-state index in [1.165, 1.54) is 77.2 Å². The van der Waals surface area contributed by atoms with Crippen LogP contribution in [0.2, 0.25) is 0 Å². The lowest BCUT2D eigenvalue weighted by Gasteiger charge is -2.49. The maximum Gasteiger partial charge on any atom is 0.0937 e. The summed E-state index contributed by atoms with van der Waals surface area (Å²) in [6.07, 6.45) is 24.1. The van der Waals surface area contributed by atoms with Gasteiger partial charge in [-0.2, -0.15) is 0 Å². The summed E-state index contributed by atoms with van der Waals surface area (Å²) in [7, 11) is 0. The molecule has 4 saturated heterocycles. The summed E-state index contributed by atoms with van der Waals surface area (Å²) in [5.41, 5.74) is 10.4. The Labute approximate surface area is 386 Å². The Balaban J connectivity index is 0.000000142. The molecule has 6 nitrogen and oxygen atoms in total.